The average molecular weight is 353 g/mol. The van der Waals surface area contributed by atoms with E-state index in [1.165, 1.54) is 6.92 Å². The van der Waals surface area contributed by atoms with Gasteiger partial charge in [-0.2, -0.15) is 0 Å². The lowest BCUT2D eigenvalue weighted by Gasteiger charge is -2.11. The van der Waals surface area contributed by atoms with Gasteiger partial charge in [-0.15, -0.1) is 0 Å². The second-order valence-corrected chi connectivity index (χ2v) is 6.13. The minimum Gasteiger partial charge on any atom is -0.347 e. The first-order chi connectivity index (χ1) is 12.3. The quantitative estimate of drug-likeness (QED) is 0.746. The third-order valence-corrected chi connectivity index (χ3v) is 3.96. The van der Waals surface area contributed by atoms with Crippen LogP contribution >= 0.6 is 0 Å². The highest BCUT2D eigenvalue weighted by molar-refractivity contribution is 5.95. The first-order valence-corrected chi connectivity index (χ1v) is 8.34. The number of aryl methyl sites for hydroxylation is 1. The molecule has 2 aromatic carbocycles. The van der Waals surface area contributed by atoms with Gasteiger partial charge in [0.15, 0.2) is 0 Å². The number of carbonyl (C=O) groups excluding carboxylic acids is 3. The summed E-state index contributed by atoms with van der Waals surface area (Å²) in [6, 6.07) is 12.7. The van der Waals surface area contributed by atoms with Gasteiger partial charge < -0.3 is 16.0 Å². The Kier molecular flexibility index (Phi) is 6.49. The Morgan fingerprint density at radius 1 is 0.885 bits per heavy atom. The number of carbonyl (C=O) groups is 3. The fraction of sp³-hybridized carbons (Fsp3) is 0.250. The summed E-state index contributed by atoms with van der Waals surface area (Å²) in [5.74, 6) is -0.660. The van der Waals surface area contributed by atoms with Crippen molar-refractivity contribution >= 4 is 29.1 Å². The van der Waals surface area contributed by atoms with E-state index in [1.807, 2.05) is 32.0 Å². The summed E-state index contributed by atoms with van der Waals surface area (Å²) < 4.78 is 0. The summed E-state index contributed by atoms with van der Waals surface area (Å²) >= 11 is 0. The first-order valence-electron chi connectivity index (χ1n) is 8.34. The van der Waals surface area contributed by atoms with Gasteiger partial charge >= 0.3 is 0 Å². The molecule has 0 aliphatic rings. The summed E-state index contributed by atoms with van der Waals surface area (Å²) in [6.45, 7) is 5.26. The predicted octanol–water partition coefficient (Wildman–Crippen LogP) is 2.56. The second kappa shape index (κ2) is 8.80. The standard InChI is InChI=1S/C20H23N3O3/c1-13-5-4-6-18(14(13)2)23-20(26)12-21-19(25)11-16-7-9-17(10-8-16)22-15(3)24/h4-10H,11-12H2,1-3H3,(H,21,25)(H,22,24)(H,23,26). The molecule has 0 fully saturated rings. The molecule has 0 saturated heterocycles. The Bertz CT molecular complexity index is 814. The minimum absolute atomic E-state index is 0.0871. The molecular formula is C20H23N3O3. The topological polar surface area (TPSA) is 87.3 Å². The predicted molar refractivity (Wildman–Crippen MR) is 102 cm³/mol. The van der Waals surface area contributed by atoms with Crippen LogP contribution in [0.4, 0.5) is 11.4 Å². The molecule has 2 rings (SSSR count). The fourth-order valence-corrected chi connectivity index (χ4v) is 2.42. The summed E-state index contributed by atoms with van der Waals surface area (Å²) in [5.41, 5.74) is 4.32. The van der Waals surface area contributed by atoms with Crippen LogP contribution in [0.5, 0.6) is 0 Å². The number of anilines is 2. The van der Waals surface area contributed by atoms with Crippen LogP contribution in [0.1, 0.15) is 23.6 Å². The minimum atomic E-state index is -0.270. The molecule has 0 saturated carbocycles. The Morgan fingerprint density at radius 2 is 1.58 bits per heavy atom. The maximum absolute atomic E-state index is 12.0. The highest BCUT2D eigenvalue weighted by Gasteiger charge is 2.09. The zero-order valence-corrected chi connectivity index (χ0v) is 15.2. The zero-order valence-electron chi connectivity index (χ0n) is 15.2. The Morgan fingerprint density at radius 3 is 2.23 bits per heavy atom. The Balaban J connectivity index is 1.81. The van der Waals surface area contributed by atoms with Crippen LogP contribution < -0.4 is 16.0 Å². The lowest BCUT2D eigenvalue weighted by molar-refractivity contribution is -0.123. The van der Waals surface area contributed by atoms with Gasteiger partial charge in [-0.3, -0.25) is 14.4 Å². The van der Waals surface area contributed by atoms with Crippen molar-refractivity contribution in [2.45, 2.75) is 27.2 Å². The van der Waals surface area contributed by atoms with Crippen molar-refractivity contribution in [2.24, 2.45) is 0 Å². The normalized spacial score (nSPS) is 10.1. The fourth-order valence-electron chi connectivity index (χ4n) is 2.42. The van der Waals surface area contributed by atoms with E-state index in [4.69, 9.17) is 0 Å². The molecule has 136 valence electrons. The van der Waals surface area contributed by atoms with Gasteiger partial charge in [-0.1, -0.05) is 24.3 Å². The van der Waals surface area contributed by atoms with Crippen LogP contribution in [-0.4, -0.2) is 24.3 Å². The van der Waals surface area contributed by atoms with Crippen molar-refractivity contribution in [2.75, 3.05) is 17.2 Å². The molecule has 0 radical (unpaired) electrons. The molecule has 3 amide bonds. The maximum Gasteiger partial charge on any atom is 0.243 e. The van der Waals surface area contributed by atoms with Crippen LogP contribution in [0.2, 0.25) is 0 Å². The molecule has 0 heterocycles. The van der Waals surface area contributed by atoms with Crippen molar-refractivity contribution in [1.29, 1.82) is 0 Å². The molecule has 6 nitrogen and oxygen atoms in total. The number of benzene rings is 2. The van der Waals surface area contributed by atoms with E-state index in [0.717, 1.165) is 22.4 Å². The first kappa shape index (κ1) is 19.2. The lowest BCUT2D eigenvalue weighted by atomic mass is 10.1. The van der Waals surface area contributed by atoms with Gasteiger partial charge in [0.25, 0.3) is 0 Å². The summed E-state index contributed by atoms with van der Waals surface area (Å²) in [4.78, 5) is 35.0. The molecule has 0 aliphatic heterocycles. The summed E-state index contributed by atoms with van der Waals surface area (Å²) in [7, 11) is 0. The summed E-state index contributed by atoms with van der Waals surface area (Å²) in [6.07, 6.45) is 0.164. The van der Waals surface area contributed by atoms with Crippen LogP contribution in [-0.2, 0) is 20.8 Å². The van der Waals surface area contributed by atoms with E-state index in [2.05, 4.69) is 16.0 Å². The van der Waals surface area contributed by atoms with Crippen LogP contribution in [0.15, 0.2) is 42.5 Å². The molecule has 2 aromatic rings. The molecule has 0 bridgehead atoms. The van der Waals surface area contributed by atoms with E-state index >= 15 is 0 Å². The molecule has 0 aliphatic carbocycles. The SMILES string of the molecule is CC(=O)Nc1ccc(CC(=O)NCC(=O)Nc2cccc(C)c2C)cc1. The van der Waals surface area contributed by atoms with Gasteiger partial charge in [0.2, 0.25) is 17.7 Å². The van der Waals surface area contributed by atoms with Gasteiger partial charge in [-0.05, 0) is 48.7 Å². The number of amides is 3. The number of rotatable bonds is 6. The van der Waals surface area contributed by atoms with Crippen molar-refractivity contribution in [3.8, 4) is 0 Å². The van der Waals surface area contributed by atoms with Crippen LogP contribution in [0, 0.1) is 13.8 Å². The zero-order chi connectivity index (χ0) is 19.1. The van der Waals surface area contributed by atoms with Crippen LogP contribution in [0.3, 0.4) is 0 Å². The van der Waals surface area contributed by atoms with E-state index in [1.54, 1.807) is 24.3 Å². The van der Waals surface area contributed by atoms with Crippen LogP contribution in [0.25, 0.3) is 0 Å². The molecule has 6 heteroatoms. The number of hydrogen-bond acceptors (Lipinski definition) is 3. The highest BCUT2D eigenvalue weighted by atomic mass is 16.2. The second-order valence-electron chi connectivity index (χ2n) is 6.13. The molecule has 0 unspecified atom stereocenters. The maximum atomic E-state index is 12.0. The van der Waals surface area contributed by atoms with Gasteiger partial charge in [0.05, 0.1) is 13.0 Å². The smallest absolute Gasteiger partial charge is 0.243 e. The number of hydrogen-bond donors (Lipinski definition) is 3. The van der Waals surface area contributed by atoms with Gasteiger partial charge in [0, 0.05) is 18.3 Å². The van der Waals surface area contributed by atoms with Crippen molar-refractivity contribution in [3.63, 3.8) is 0 Å². The van der Waals surface area contributed by atoms with E-state index in [9.17, 15) is 14.4 Å². The van der Waals surface area contributed by atoms with E-state index in [-0.39, 0.29) is 30.7 Å². The monoisotopic (exact) mass is 353 g/mol. The molecule has 3 N–H and O–H groups in total. The van der Waals surface area contributed by atoms with Crippen molar-refractivity contribution in [1.82, 2.24) is 5.32 Å². The third kappa shape index (κ3) is 5.73. The van der Waals surface area contributed by atoms with Crippen molar-refractivity contribution < 1.29 is 14.4 Å². The average Bonchev–Trinajstić information content (AvgIpc) is 2.58. The molecule has 0 aromatic heterocycles. The van der Waals surface area contributed by atoms with Crippen molar-refractivity contribution in [3.05, 3.63) is 59.2 Å². The Labute approximate surface area is 153 Å². The molecule has 26 heavy (non-hydrogen) atoms. The Hall–Kier alpha value is -3.15. The molecule has 0 atom stereocenters. The summed E-state index contributed by atoms with van der Waals surface area (Å²) in [5, 5.41) is 8.08. The molecule has 0 spiro atoms. The third-order valence-electron chi connectivity index (χ3n) is 3.96. The largest absolute Gasteiger partial charge is 0.347 e. The number of nitrogens with one attached hydrogen (secondary N) is 3. The van der Waals surface area contributed by atoms with Gasteiger partial charge in [0.1, 0.15) is 0 Å². The van der Waals surface area contributed by atoms with E-state index < -0.39 is 0 Å². The van der Waals surface area contributed by atoms with Gasteiger partial charge in [-0.25, -0.2) is 0 Å². The molecular weight excluding hydrogens is 330 g/mol. The van der Waals surface area contributed by atoms with E-state index in [0.29, 0.717) is 5.69 Å². The highest BCUT2D eigenvalue weighted by Crippen LogP contribution is 2.17. The lowest BCUT2D eigenvalue weighted by Crippen LogP contribution is -2.33.